The van der Waals surface area contributed by atoms with E-state index < -0.39 is 6.04 Å². The highest BCUT2D eigenvalue weighted by Crippen LogP contribution is 2.36. The summed E-state index contributed by atoms with van der Waals surface area (Å²) in [6, 6.07) is 26.6. The molecule has 0 fully saturated rings. The maximum atomic E-state index is 14.5. The lowest BCUT2D eigenvalue weighted by Gasteiger charge is -2.26. The monoisotopic (exact) mass is 672 g/mol. The number of carbonyl (C=O) groups is 1. The zero-order valence-corrected chi connectivity index (χ0v) is 28.2. The van der Waals surface area contributed by atoms with E-state index in [1.165, 1.54) is 23.5 Å². The van der Waals surface area contributed by atoms with E-state index in [0.29, 0.717) is 49.9 Å². The molecule has 7 rings (SSSR count). The number of carbonyl (C=O) groups excluding carboxylic acids is 1. The maximum absolute atomic E-state index is 14.5. The number of amides is 1. The van der Waals surface area contributed by atoms with Crippen molar-refractivity contribution in [1.29, 1.82) is 0 Å². The van der Waals surface area contributed by atoms with Gasteiger partial charge in [-0.3, -0.25) is 14.2 Å². The molecule has 1 N–H and O–H groups in total. The van der Waals surface area contributed by atoms with Gasteiger partial charge in [0, 0.05) is 34.9 Å². The number of hydrogen-bond acceptors (Lipinski definition) is 6. The van der Waals surface area contributed by atoms with Crippen molar-refractivity contribution in [2.45, 2.75) is 26.4 Å². The summed E-state index contributed by atoms with van der Waals surface area (Å²) in [6.45, 7) is 4.25. The number of anilines is 1. The van der Waals surface area contributed by atoms with E-state index in [1.807, 2.05) is 73.8 Å². The Morgan fingerprint density at radius 2 is 1.69 bits per heavy atom. The zero-order chi connectivity index (χ0) is 34.2. The molecule has 1 aliphatic rings. The number of benzene rings is 4. The van der Waals surface area contributed by atoms with Crippen molar-refractivity contribution in [2.24, 2.45) is 4.99 Å². The minimum Gasteiger partial charge on any atom is -0.493 e. The lowest BCUT2D eigenvalue weighted by molar-refractivity contribution is -0.113. The number of allylic oxidation sites excluding steroid dienone is 1. The fourth-order valence-electron chi connectivity index (χ4n) is 6.30. The van der Waals surface area contributed by atoms with Gasteiger partial charge < -0.3 is 19.4 Å². The van der Waals surface area contributed by atoms with Crippen LogP contribution in [0.3, 0.4) is 0 Å². The number of para-hydroxylation sites is 2. The van der Waals surface area contributed by atoms with Gasteiger partial charge in [0.25, 0.3) is 11.5 Å². The van der Waals surface area contributed by atoms with Gasteiger partial charge in [-0.1, -0.05) is 65.9 Å². The highest BCUT2D eigenvalue weighted by Gasteiger charge is 2.33. The van der Waals surface area contributed by atoms with Crippen LogP contribution >= 0.6 is 11.3 Å². The van der Waals surface area contributed by atoms with E-state index in [9.17, 15) is 14.0 Å². The number of aromatic nitrogens is 2. The minimum absolute atomic E-state index is 0.271. The molecule has 1 aliphatic heterocycles. The summed E-state index contributed by atoms with van der Waals surface area (Å²) >= 11 is 1.28. The van der Waals surface area contributed by atoms with Gasteiger partial charge in [-0.25, -0.2) is 9.38 Å². The molecule has 0 bridgehead atoms. The van der Waals surface area contributed by atoms with Gasteiger partial charge in [0.1, 0.15) is 5.82 Å². The molecule has 2 aromatic heterocycles. The third-order valence-electron chi connectivity index (χ3n) is 8.76. The molecule has 10 heteroatoms. The van der Waals surface area contributed by atoms with Crippen LogP contribution in [0.5, 0.6) is 11.5 Å². The lowest BCUT2D eigenvalue weighted by atomic mass is 9.94. The van der Waals surface area contributed by atoms with Gasteiger partial charge in [-0.15, -0.1) is 0 Å². The Bertz CT molecular complexity index is 2460. The Kier molecular flexibility index (Phi) is 8.48. The first kappa shape index (κ1) is 31.8. The highest BCUT2D eigenvalue weighted by atomic mass is 32.1. The Labute approximate surface area is 285 Å². The average molecular weight is 673 g/mol. The number of halogens is 1. The Balaban J connectivity index is 1.38. The number of ether oxygens (including phenoxy) is 2. The second-order valence-corrected chi connectivity index (χ2v) is 12.8. The maximum Gasteiger partial charge on any atom is 0.271 e. The van der Waals surface area contributed by atoms with Crippen molar-refractivity contribution < 1.29 is 18.7 Å². The largest absolute Gasteiger partial charge is 0.493 e. The molecule has 6 aromatic rings. The van der Waals surface area contributed by atoms with Gasteiger partial charge in [-0.2, -0.15) is 0 Å². The number of thiazole rings is 1. The van der Waals surface area contributed by atoms with Crippen molar-refractivity contribution in [2.75, 3.05) is 19.5 Å². The Morgan fingerprint density at radius 3 is 2.45 bits per heavy atom. The second-order valence-electron chi connectivity index (χ2n) is 11.8. The summed E-state index contributed by atoms with van der Waals surface area (Å²) in [4.78, 5) is 33.9. The molecule has 3 heterocycles. The third kappa shape index (κ3) is 5.95. The van der Waals surface area contributed by atoms with E-state index in [4.69, 9.17) is 14.5 Å². The molecule has 1 atom stereocenters. The van der Waals surface area contributed by atoms with Gasteiger partial charge >= 0.3 is 0 Å². The van der Waals surface area contributed by atoms with Crippen molar-refractivity contribution in [1.82, 2.24) is 9.13 Å². The highest BCUT2D eigenvalue weighted by molar-refractivity contribution is 7.07. The average Bonchev–Trinajstić information content (AvgIpc) is 3.61. The molecule has 0 unspecified atom stereocenters. The van der Waals surface area contributed by atoms with Crippen LogP contribution in [-0.4, -0.2) is 29.3 Å². The zero-order valence-electron chi connectivity index (χ0n) is 27.4. The number of hydrogen-bond donors (Lipinski definition) is 1. The predicted molar refractivity (Wildman–Crippen MR) is 191 cm³/mol. The van der Waals surface area contributed by atoms with E-state index >= 15 is 0 Å². The van der Waals surface area contributed by atoms with Crippen LogP contribution in [0.2, 0.25) is 0 Å². The molecule has 8 nitrogen and oxygen atoms in total. The van der Waals surface area contributed by atoms with Crippen LogP contribution in [0, 0.1) is 12.7 Å². The van der Waals surface area contributed by atoms with E-state index in [1.54, 1.807) is 50.0 Å². The summed E-state index contributed by atoms with van der Waals surface area (Å²) in [5, 5.41) is 4.02. The number of aryl methyl sites for hydroxylation is 1. The molecule has 0 saturated carbocycles. The molecule has 49 heavy (non-hydrogen) atoms. The van der Waals surface area contributed by atoms with E-state index in [2.05, 4.69) is 9.88 Å². The summed E-state index contributed by atoms with van der Waals surface area (Å²) < 4.78 is 28.9. The van der Waals surface area contributed by atoms with Crippen LogP contribution in [-0.2, 0) is 11.3 Å². The summed E-state index contributed by atoms with van der Waals surface area (Å²) in [5.41, 5.74) is 5.65. The fraction of sp³-hybridized carbons (Fsp3) is 0.154. The quantitative estimate of drug-likeness (QED) is 0.205. The van der Waals surface area contributed by atoms with E-state index in [-0.39, 0.29) is 17.3 Å². The first-order valence-electron chi connectivity index (χ1n) is 15.7. The number of fused-ring (bicyclic) bond motifs is 2. The molecular formula is C39H33FN4O4S. The van der Waals surface area contributed by atoms with Gasteiger partial charge in [0.15, 0.2) is 16.3 Å². The molecule has 246 valence electrons. The molecule has 0 radical (unpaired) electrons. The second kappa shape index (κ2) is 13.0. The smallest absolute Gasteiger partial charge is 0.271 e. The summed E-state index contributed by atoms with van der Waals surface area (Å²) in [7, 11) is 3.11. The predicted octanol–water partition coefficient (Wildman–Crippen LogP) is 6.34. The number of rotatable bonds is 8. The van der Waals surface area contributed by atoms with E-state index in [0.717, 1.165) is 27.6 Å². The SMILES string of the molecule is COc1ccc([C@H]2C(C(=O)Nc3ccccc3C)=C(C)N=c3s/c(=C\c4cn(Cc5ccc(F)cc5)c5ccccc45)c(=O)n32)cc1OC. The van der Waals surface area contributed by atoms with Crippen molar-refractivity contribution in [3.63, 3.8) is 0 Å². The van der Waals surface area contributed by atoms with Crippen LogP contribution in [0.1, 0.15) is 35.2 Å². The molecular weight excluding hydrogens is 640 g/mol. The topological polar surface area (TPSA) is 86.9 Å². The first-order valence-corrected chi connectivity index (χ1v) is 16.5. The Morgan fingerprint density at radius 1 is 0.959 bits per heavy atom. The molecule has 0 spiro atoms. The van der Waals surface area contributed by atoms with Gasteiger partial charge in [0.2, 0.25) is 0 Å². The molecule has 1 amide bonds. The van der Waals surface area contributed by atoms with Crippen LogP contribution in [0.25, 0.3) is 17.0 Å². The standard InChI is InChI=1S/C39H33FN4O4S/c1-23-9-5-7-11-30(23)42-37(45)35-24(2)41-39-44(36(35)26-15-18-32(47-3)33(19-26)48-4)38(46)34(49-39)20-27-22-43(31-12-8-6-10-29(27)31)21-25-13-16-28(40)17-14-25/h5-20,22,36H,21H2,1-4H3,(H,42,45)/b34-20-/t36-/m0/s1. The first-order chi connectivity index (χ1) is 23.7. The summed E-state index contributed by atoms with van der Waals surface area (Å²) in [6.07, 6.45) is 3.88. The van der Waals surface area contributed by atoms with Crippen LogP contribution < -0.4 is 29.7 Å². The number of nitrogens with one attached hydrogen (secondary N) is 1. The fourth-order valence-corrected chi connectivity index (χ4v) is 7.34. The number of methoxy groups -OCH3 is 2. The van der Waals surface area contributed by atoms with Crippen LogP contribution in [0.4, 0.5) is 10.1 Å². The van der Waals surface area contributed by atoms with Crippen molar-refractivity contribution >= 4 is 39.9 Å². The van der Waals surface area contributed by atoms with Gasteiger partial charge in [-0.05, 0) is 73.0 Å². The minimum atomic E-state index is -0.790. The Hall–Kier alpha value is -5.74. The normalized spacial score (nSPS) is 14.5. The lowest BCUT2D eigenvalue weighted by Crippen LogP contribution is -2.40. The van der Waals surface area contributed by atoms with Crippen molar-refractivity contribution in [3.8, 4) is 11.5 Å². The number of nitrogens with zero attached hydrogens (tertiary/aromatic N) is 3. The van der Waals surface area contributed by atoms with Crippen LogP contribution in [0.15, 0.2) is 118 Å². The van der Waals surface area contributed by atoms with Gasteiger partial charge in [0.05, 0.1) is 36.1 Å². The molecule has 0 aliphatic carbocycles. The molecule has 0 saturated heterocycles. The summed E-state index contributed by atoms with van der Waals surface area (Å²) in [5.74, 6) is 0.370. The van der Waals surface area contributed by atoms with Crippen molar-refractivity contribution in [3.05, 3.63) is 156 Å². The third-order valence-corrected chi connectivity index (χ3v) is 9.74. The molecule has 4 aromatic carbocycles.